The van der Waals surface area contributed by atoms with Gasteiger partial charge in [0, 0.05) is 23.3 Å². The quantitative estimate of drug-likeness (QED) is 0.939. The summed E-state index contributed by atoms with van der Waals surface area (Å²) in [7, 11) is 0. The van der Waals surface area contributed by atoms with Crippen LogP contribution in [0.5, 0.6) is 11.6 Å². The molecule has 17 heavy (non-hydrogen) atoms. The van der Waals surface area contributed by atoms with Gasteiger partial charge in [0.25, 0.3) is 0 Å². The van der Waals surface area contributed by atoms with Crippen molar-refractivity contribution in [3.8, 4) is 11.6 Å². The first-order valence-corrected chi connectivity index (χ1v) is 6.14. The van der Waals surface area contributed by atoms with Gasteiger partial charge in [-0.15, -0.1) is 0 Å². The van der Waals surface area contributed by atoms with Gasteiger partial charge in [-0.3, -0.25) is 0 Å². The van der Waals surface area contributed by atoms with E-state index in [4.69, 9.17) is 22.1 Å². The molecule has 0 unspecified atom stereocenters. The Kier molecular flexibility index (Phi) is 3.99. The zero-order chi connectivity index (χ0) is 12.3. The second-order valence-electron chi connectivity index (χ2n) is 3.39. The normalized spacial score (nSPS) is 10.3. The number of aromatic nitrogens is 1. The molecule has 2 aromatic rings. The topological polar surface area (TPSA) is 48.1 Å². The first-order valence-electron chi connectivity index (χ1n) is 4.97. The number of benzene rings is 1. The largest absolute Gasteiger partial charge is 0.437 e. The molecule has 0 saturated heterocycles. The van der Waals surface area contributed by atoms with Crippen LogP contribution in [-0.2, 0) is 6.54 Å². The van der Waals surface area contributed by atoms with E-state index in [1.54, 1.807) is 24.4 Å². The van der Waals surface area contributed by atoms with Crippen LogP contribution >= 0.6 is 27.5 Å². The molecule has 0 bridgehead atoms. The molecule has 0 atom stereocenters. The van der Waals surface area contributed by atoms with E-state index in [-0.39, 0.29) is 0 Å². The lowest BCUT2D eigenvalue weighted by Crippen LogP contribution is -1.97. The molecule has 3 nitrogen and oxygen atoms in total. The Morgan fingerprint density at radius 1 is 1.29 bits per heavy atom. The first-order chi connectivity index (χ1) is 8.19. The van der Waals surface area contributed by atoms with Crippen LogP contribution in [0.25, 0.3) is 0 Å². The summed E-state index contributed by atoms with van der Waals surface area (Å²) in [5.74, 6) is 1.06. The van der Waals surface area contributed by atoms with Crippen LogP contribution in [0.15, 0.2) is 41.0 Å². The summed E-state index contributed by atoms with van der Waals surface area (Å²) in [5, 5.41) is 0.532. The zero-order valence-electron chi connectivity index (χ0n) is 8.86. The fraction of sp³-hybridized carbons (Fsp3) is 0.0833. The van der Waals surface area contributed by atoms with Crippen molar-refractivity contribution in [2.45, 2.75) is 6.54 Å². The molecule has 1 aromatic heterocycles. The Morgan fingerprint density at radius 2 is 2.12 bits per heavy atom. The Labute approximate surface area is 113 Å². The third-order valence-corrected chi connectivity index (χ3v) is 2.93. The van der Waals surface area contributed by atoms with Gasteiger partial charge in [0.15, 0.2) is 0 Å². The van der Waals surface area contributed by atoms with Gasteiger partial charge in [-0.2, -0.15) is 0 Å². The Morgan fingerprint density at radius 3 is 2.71 bits per heavy atom. The van der Waals surface area contributed by atoms with Crippen molar-refractivity contribution in [3.05, 3.63) is 51.6 Å². The van der Waals surface area contributed by atoms with Gasteiger partial charge in [0.1, 0.15) is 5.75 Å². The molecule has 1 aromatic carbocycles. The molecule has 0 amide bonds. The van der Waals surface area contributed by atoms with E-state index >= 15 is 0 Å². The third-order valence-electron chi connectivity index (χ3n) is 2.14. The minimum atomic E-state index is 0.465. The van der Waals surface area contributed by atoms with Gasteiger partial charge in [-0.1, -0.05) is 33.6 Å². The first kappa shape index (κ1) is 12.4. The van der Waals surface area contributed by atoms with Crippen molar-refractivity contribution in [1.82, 2.24) is 4.98 Å². The highest BCUT2D eigenvalue weighted by atomic mass is 79.9. The summed E-state index contributed by atoms with van der Waals surface area (Å²) >= 11 is 9.37. The van der Waals surface area contributed by atoms with Crippen LogP contribution in [0.1, 0.15) is 5.56 Å². The minimum absolute atomic E-state index is 0.465. The highest BCUT2D eigenvalue weighted by molar-refractivity contribution is 9.10. The Balaban J connectivity index is 2.19. The van der Waals surface area contributed by atoms with E-state index in [2.05, 4.69) is 20.9 Å². The third kappa shape index (κ3) is 3.19. The summed E-state index contributed by atoms with van der Waals surface area (Å²) in [6.07, 6.45) is 1.68. The van der Waals surface area contributed by atoms with Crippen molar-refractivity contribution >= 4 is 27.5 Å². The number of pyridine rings is 1. The molecule has 0 aliphatic heterocycles. The average Bonchev–Trinajstić information content (AvgIpc) is 2.34. The van der Waals surface area contributed by atoms with Crippen molar-refractivity contribution < 1.29 is 4.74 Å². The molecule has 1 heterocycles. The van der Waals surface area contributed by atoms with Gasteiger partial charge in [0.05, 0.1) is 5.02 Å². The van der Waals surface area contributed by atoms with Crippen LogP contribution < -0.4 is 10.5 Å². The van der Waals surface area contributed by atoms with Crippen molar-refractivity contribution in [1.29, 1.82) is 0 Å². The summed E-state index contributed by atoms with van der Waals surface area (Å²) in [5.41, 5.74) is 6.44. The molecule has 0 saturated carbocycles. The van der Waals surface area contributed by atoms with Gasteiger partial charge in [0.2, 0.25) is 5.88 Å². The van der Waals surface area contributed by atoms with E-state index in [9.17, 15) is 0 Å². The fourth-order valence-electron chi connectivity index (χ4n) is 1.26. The molecule has 88 valence electrons. The highest BCUT2D eigenvalue weighted by Gasteiger charge is 2.04. The minimum Gasteiger partial charge on any atom is -0.437 e. The number of hydrogen-bond acceptors (Lipinski definition) is 3. The maximum Gasteiger partial charge on any atom is 0.219 e. The van der Waals surface area contributed by atoms with E-state index in [0.717, 1.165) is 10.0 Å². The summed E-state index contributed by atoms with van der Waals surface area (Å²) in [4.78, 5) is 4.14. The van der Waals surface area contributed by atoms with Crippen LogP contribution in [0.3, 0.4) is 0 Å². The average molecular weight is 314 g/mol. The van der Waals surface area contributed by atoms with Gasteiger partial charge in [-0.25, -0.2) is 4.98 Å². The van der Waals surface area contributed by atoms with Gasteiger partial charge < -0.3 is 10.5 Å². The summed E-state index contributed by atoms with van der Waals surface area (Å²) < 4.78 is 6.46. The van der Waals surface area contributed by atoms with E-state index in [1.807, 2.05) is 12.1 Å². The lowest BCUT2D eigenvalue weighted by atomic mass is 10.3. The maximum absolute atomic E-state index is 6.04. The monoisotopic (exact) mass is 312 g/mol. The molecular weight excluding hydrogens is 304 g/mol. The van der Waals surface area contributed by atoms with Gasteiger partial charge >= 0.3 is 0 Å². The fourth-order valence-corrected chi connectivity index (χ4v) is 1.97. The summed E-state index contributed by atoms with van der Waals surface area (Å²) in [6, 6.07) is 9.04. The zero-order valence-corrected chi connectivity index (χ0v) is 11.2. The highest BCUT2D eigenvalue weighted by Crippen LogP contribution is 2.30. The van der Waals surface area contributed by atoms with Crippen molar-refractivity contribution in [3.63, 3.8) is 0 Å². The van der Waals surface area contributed by atoms with Crippen molar-refractivity contribution in [2.24, 2.45) is 5.73 Å². The number of halogens is 2. The standard InChI is InChI=1S/C12H10BrClN2O/c13-9-2-3-11(10(14)5-9)17-12-4-1-8(6-15)7-16-12/h1-5,7H,6,15H2. The second-order valence-corrected chi connectivity index (χ2v) is 4.71. The number of ether oxygens (including phenoxy) is 1. The number of hydrogen-bond donors (Lipinski definition) is 1. The molecule has 0 fully saturated rings. The summed E-state index contributed by atoms with van der Waals surface area (Å²) in [6.45, 7) is 0.465. The lowest BCUT2D eigenvalue weighted by Gasteiger charge is -2.07. The SMILES string of the molecule is NCc1ccc(Oc2ccc(Br)cc2Cl)nc1. The lowest BCUT2D eigenvalue weighted by molar-refractivity contribution is 0.462. The molecule has 0 aliphatic carbocycles. The molecule has 0 spiro atoms. The van der Waals surface area contributed by atoms with E-state index in [0.29, 0.717) is 23.2 Å². The predicted molar refractivity (Wildman–Crippen MR) is 71.4 cm³/mol. The predicted octanol–water partition coefficient (Wildman–Crippen LogP) is 3.75. The number of nitrogens with two attached hydrogens (primary N) is 1. The Bertz CT molecular complexity index is 516. The van der Waals surface area contributed by atoms with E-state index in [1.165, 1.54) is 0 Å². The van der Waals surface area contributed by atoms with Gasteiger partial charge in [-0.05, 0) is 23.8 Å². The molecule has 0 aliphatic rings. The smallest absolute Gasteiger partial charge is 0.219 e. The van der Waals surface area contributed by atoms with Crippen LogP contribution in [-0.4, -0.2) is 4.98 Å². The maximum atomic E-state index is 6.04. The van der Waals surface area contributed by atoms with E-state index < -0.39 is 0 Å². The molecule has 0 radical (unpaired) electrons. The molecule has 2 rings (SSSR count). The number of rotatable bonds is 3. The van der Waals surface area contributed by atoms with Crippen LogP contribution in [0.2, 0.25) is 5.02 Å². The molecule has 5 heteroatoms. The van der Waals surface area contributed by atoms with Crippen LogP contribution in [0.4, 0.5) is 0 Å². The van der Waals surface area contributed by atoms with Crippen molar-refractivity contribution in [2.75, 3.05) is 0 Å². The molecule has 2 N–H and O–H groups in total. The number of nitrogens with zero attached hydrogens (tertiary/aromatic N) is 1. The molecular formula is C12H10BrClN2O. The Hall–Kier alpha value is -1.10. The van der Waals surface area contributed by atoms with Crippen LogP contribution in [0, 0.1) is 0 Å². The second kappa shape index (κ2) is 5.49.